The first-order valence-corrected chi connectivity index (χ1v) is 7.82. The number of hydrogen-bond acceptors (Lipinski definition) is 5. The molecule has 5 heteroatoms. The number of rotatable bonds is 6. The maximum atomic E-state index is 5.52. The Labute approximate surface area is 121 Å². The number of hydrazine groups is 1. The molecule has 1 aromatic rings. The molecular formula is C15H27N5. The predicted molar refractivity (Wildman–Crippen MR) is 83.6 cm³/mol. The molecule has 0 saturated heterocycles. The fraction of sp³-hybridized carbons (Fsp3) is 0.733. The number of aryl methyl sites for hydroxylation is 1. The second-order valence-corrected chi connectivity index (χ2v) is 5.68. The van der Waals surface area contributed by atoms with Crippen molar-refractivity contribution in [2.45, 2.75) is 58.8 Å². The molecule has 0 spiro atoms. The summed E-state index contributed by atoms with van der Waals surface area (Å²) < 4.78 is 0. The number of hydrogen-bond donors (Lipinski definition) is 3. The molecule has 1 aromatic heterocycles. The third-order valence-corrected chi connectivity index (χ3v) is 4.21. The molecule has 0 unspecified atom stereocenters. The van der Waals surface area contributed by atoms with Crippen LogP contribution in [0.4, 0.5) is 11.6 Å². The zero-order valence-electron chi connectivity index (χ0n) is 12.7. The number of nitrogens with two attached hydrogens (primary N) is 1. The summed E-state index contributed by atoms with van der Waals surface area (Å²) in [4.78, 5) is 8.94. The molecule has 0 radical (unpaired) electrons. The normalized spacial score (nSPS) is 16.1. The summed E-state index contributed by atoms with van der Waals surface area (Å²) in [5, 5.41) is 3.46. The fourth-order valence-electron chi connectivity index (χ4n) is 2.90. The van der Waals surface area contributed by atoms with Crippen molar-refractivity contribution in [2.75, 3.05) is 17.3 Å². The van der Waals surface area contributed by atoms with Gasteiger partial charge in [0, 0.05) is 18.5 Å². The van der Waals surface area contributed by atoms with Crippen molar-refractivity contribution in [1.82, 2.24) is 9.97 Å². The molecule has 1 saturated carbocycles. The van der Waals surface area contributed by atoms with Crippen LogP contribution in [0.2, 0.25) is 0 Å². The third-order valence-electron chi connectivity index (χ3n) is 4.21. The summed E-state index contributed by atoms with van der Waals surface area (Å²) in [7, 11) is 0. The summed E-state index contributed by atoms with van der Waals surface area (Å²) >= 11 is 0. The zero-order valence-corrected chi connectivity index (χ0v) is 12.7. The summed E-state index contributed by atoms with van der Waals surface area (Å²) in [5.74, 6) is 8.87. The van der Waals surface area contributed by atoms with E-state index in [2.05, 4.69) is 27.6 Å². The molecule has 1 aliphatic carbocycles. The number of nitrogen functional groups attached to an aromatic ring is 1. The number of anilines is 2. The summed E-state index contributed by atoms with van der Waals surface area (Å²) in [6.45, 7) is 5.03. The standard InChI is InChI=1S/C15H27N5/c1-3-13-18-14(11(2)15(19-13)20-16)17-10-9-12-7-5-4-6-8-12/h12H,3-10,16H2,1-2H3,(H2,17,18,19,20). The van der Waals surface area contributed by atoms with Crippen molar-refractivity contribution >= 4 is 11.6 Å². The minimum Gasteiger partial charge on any atom is -0.370 e. The van der Waals surface area contributed by atoms with E-state index >= 15 is 0 Å². The van der Waals surface area contributed by atoms with E-state index in [1.807, 2.05) is 6.92 Å². The average molecular weight is 277 g/mol. The molecule has 0 amide bonds. The molecular weight excluding hydrogens is 250 g/mol. The van der Waals surface area contributed by atoms with Crippen LogP contribution in [0.1, 0.15) is 56.8 Å². The highest BCUT2D eigenvalue weighted by molar-refractivity contribution is 5.56. The number of nitrogens with one attached hydrogen (secondary N) is 2. The van der Waals surface area contributed by atoms with Crippen LogP contribution in [0.3, 0.4) is 0 Å². The Balaban J connectivity index is 1.94. The minimum atomic E-state index is 0.719. The van der Waals surface area contributed by atoms with Gasteiger partial charge in [-0.1, -0.05) is 39.0 Å². The van der Waals surface area contributed by atoms with Gasteiger partial charge in [-0.2, -0.15) is 0 Å². The monoisotopic (exact) mass is 277 g/mol. The van der Waals surface area contributed by atoms with Gasteiger partial charge in [0.2, 0.25) is 0 Å². The van der Waals surface area contributed by atoms with Gasteiger partial charge in [0.05, 0.1) is 0 Å². The first-order valence-electron chi connectivity index (χ1n) is 7.82. The molecule has 1 aliphatic rings. The first kappa shape index (κ1) is 15.0. The van der Waals surface area contributed by atoms with E-state index in [1.165, 1.54) is 38.5 Å². The Morgan fingerprint density at radius 1 is 1.15 bits per heavy atom. The summed E-state index contributed by atoms with van der Waals surface area (Å²) in [6, 6.07) is 0. The van der Waals surface area contributed by atoms with Crippen molar-refractivity contribution in [2.24, 2.45) is 11.8 Å². The van der Waals surface area contributed by atoms with Gasteiger partial charge in [0.15, 0.2) is 0 Å². The second kappa shape index (κ2) is 7.43. The van der Waals surface area contributed by atoms with E-state index in [0.29, 0.717) is 0 Å². The topological polar surface area (TPSA) is 75.9 Å². The molecule has 5 nitrogen and oxygen atoms in total. The van der Waals surface area contributed by atoms with Crippen molar-refractivity contribution in [3.8, 4) is 0 Å². The highest BCUT2D eigenvalue weighted by Gasteiger charge is 2.14. The van der Waals surface area contributed by atoms with Crippen LogP contribution < -0.4 is 16.6 Å². The van der Waals surface area contributed by atoms with Crippen LogP contribution in [0, 0.1) is 12.8 Å². The number of aromatic nitrogens is 2. The van der Waals surface area contributed by atoms with Crippen molar-refractivity contribution in [1.29, 1.82) is 0 Å². The van der Waals surface area contributed by atoms with Gasteiger partial charge in [0.1, 0.15) is 17.5 Å². The molecule has 20 heavy (non-hydrogen) atoms. The van der Waals surface area contributed by atoms with Gasteiger partial charge in [-0.05, 0) is 19.3 Å². The lowest BCUT2D eigenvalue weighted by Gasteiger charge is -2.22. The second-order valence-electron chi connectivity index (χ2n) is 5.68. The first-order chi connectivity index (χ1) is 9.74. The Hall–Kier alpha value is -1.36. The molecule has 1 fully saturated rings. The van der Waals surface area contributed by atoms with Gasteiger partial charge in [0.25, 0.3) is 0 Å². The van der Waals surface area contributed by atoms with Crippen molar-refractivity contribution in [3.05, 3.63) is 11.4 Å². The van der Waals surface area contributed by atoms with Gasteiger partial charge < -0.3 is 10.7 Å². The largest absolute Gasteiger partial charge is 0.370 e. The molecule has 112 valence electrons. The third kappa shape index (κ3) is 3.82. The Kier molecular flexibility index (Phi) is 5.59. The number of nitrogens with zero attached hydrogens (tertiary/aromatic N) is 2. The smallest absolute Gasteiger partial charge is 0.148 e. The minimum absolute atomic E-state index is 0.719. The lowest BCUT2D eigenvalue weighted by atomic mass is 9.87. The van der Waals surface area contributed by atoms with E-state index in [-0.39, 0.29) is 0 Å². The molecule has 0 bridgehead atoms. The highest BCUT2D eigenvalue weighted by Crippen LogP contribution is 2.26. The summed E-state index contributed by atoms with van der Waals surface area (Å²) in [5.41, 5.74) is 3.65. The SMILES string of the molecule is CCc1nc(NN)c(C)c(NCCC2CCCCC2)n1. The predicted octanol–water partition coefficient (Wildman–Crippen LogP) is 3.02. The molecule has 0 atom stereocenters. The molecule has 0 aliphatic heterocycles. The Morgan fingerprint density at radius 2 is 1.85 bits per heavy atom. The van der Waals surface area contributed by atoms with Gasteiger partial charge >= 0.3 is 0 Å². The van der Waals surface area contributed by atoms with Crippen LogP contribution >= 0.6 is 0 Å². The quantitative estimate of drug-likeness (QED) is 0.550. The van der Waals surface area contributed by atoms with Crippen LogP contribution in [0.25, 0.3) is 0 Å². The zero-order chi connectivity index (χ0) is 14.4. The lowest BCUT2D eigenvalue weighted by molar-refractivity contribution is 0.345. The van der Waals surface area contributed by atoms with E-state index < -0.39 is 0 Å². The van der Waals surface area contributed by atoms with E-state index in [9.17, 15) is 0 Å². The van der Waals surface area contributed by atoms with Crippen LogP contribution in [-0.2, 0) is 6.42 Å². The van der Waals surface area contributed by atoms with Crippen LogP contribution in [-0.4, -0.2) is 16.5 Å². The molecule has 2 rings (SSSR count). The Morgan fingerprint density at radius 3 is 2.50 bits per heavy atom. The summed E-state index contributed by atoms with van der Waals surface area (Å²) in [6.07, 6.45) is 9.04. The Bertz CT molecular complexity index is 427. The average Bonchev–Trinajstić information content (AvgIpc) is 2.50. The van der Waals surface area contributed by atoms with Gasteiger partial charge in [-0.25, -0.2) is 15.8 Å². The maximum absolute atomic E-state index is 5.52. The van der Waals surface area contributed by atoms with Crippen molar-refractivity contribution in [3.63, 3.8) is 0 Å². The molecule has 4 N–H and O–H groups in total. The van der Waals surface area contributed by atoms with Gasteiger partial charge in [-0.3, -0.25) is 0 Å². The van der Waals surface area contributed by atoms with Crippen molar-refractivity contribution < 1.29 is 0 Å². The highest BCUT2D eigenvalue weighted by atomic mass is 15.3. The van der Waals surface area contributed by atoms with Crippen LogP contribution in [0.15, 0.2) is 0 Å². The van der Waals surface area contributed by atoms with E-state index in [0.717, 1.165) is 41.9 Å². The van der Waals surface area contributed by atoms with Crippen LogP contribution in [0.5, 0.6) is 0 Å². The molecule has 1 heterocycles. The van der Waals surface area contributed by atoms with E-state index in [1.54, 1.807) is 0 Å². The fourth-order valence-corrected chi connectivity index (χ4v) is 2.90. The lowest BCUT2D eigenvalue weighted by Crippen LogP contribution is -2.17. The molecule has 0 aromatic carbocycles. The van der Waals surface area contributed by atoms with E-state index in [4.69, 9.17) is 5.84 Å². The van der Waals surface area contributed by atoms with Gasteiger partial charge in [-0.15, -0.1) is 0 Å². The maximum Gasteiger partial charge on any atom is 0.148 e.